The van der Waals surface area contributed by atoms with Gasteiger partial charge in [-0.05, 0) is 43.7 Å². The minimum absolute atomic E-state index is 0.0404. The van der Waals surface area contributed by atoms with Crippen molar-refractivity contribution in [1.29, 1.82) is 0 Å². The van der Waals surface area contributed by atoms with Gasteiger partial charge in [0.2, 0.25) is 0 Å². The van der Waals surface area contributed by atoms with Gasteiger partial charge in [0, 0.05) is 6.07 Å². The van der Waals surface area contributed by atoms with Gasteiger partial charge in [-0.1, -0.05) is 13.0 Å². The quantitative estimate of drug-likeness (QED) is 0.582. The molecule has 0 unspecified atom stereocenters. The first-order chi connectivity index (χ1) is 12.0. The fraction of sp³-hybridized carbons (Fsp3) is 0.278. The molecule has 2 rings (SSSR count). The number of hydrogen-bond donors (Lipinski definition) is 1. The number of rotatable bonds is 8. The normalized spacial score (nSPS) is 10.2. The van der Waals surface area contributed by atoms with E-state index in [4.69, 9.17) is 9.47 Å². The SMILES string of the molecule is CCCOc1ccc(OCC(=O)Nc2cccc([N+](=O)[O-])c2C)cc1. The molecule has 0 bridgehead atoms. The van der Waals surface area contributed by atoms with E-state index >= 15 is 0 Å². The lowest BCUT2D eigenvalue weighted by molar-refractivity contribution is -0.385. The topological polar surface area (TPSA) is 90.7 Å². The monoisotopic (exact) mass is 344 g/mol. The van der Waals surface area contributed by atoms with Crippen molar-refractivity contribution in [2.45, 2.75) is 20.3 Å². The van der Waals surface area contributed by atoms with Crippen LogP contribution in [0.5, 0.6) is 11.5 Å². The standard InChI is InChI=1S/C18H20N2O5/c1-3-11-24-14-7-9-15(10-8-14)25-12-18(21)19-16-5-4-6-17(13(16)2)20(22)23/h4-10H,3,11-12H2,1-2H3,(H,19,21). The van der Waals surface area contributed by atoms with Gasteiger partial charge in [0.25, 0.3) is 11.6 Å². The largest absolute Gasteiger partial charge is 0.494 e. The molecule has 2 aromatic rings. The highest BCUT2D eigenvalue weighted by Crippen LogP contribution is 2.25. The first-order valence-electron chi connectivity index (χ1n) is 7.90. The van der Waals surface area contributed by atoms with E-state index in [0.717, 1.165) is 12.2 Å². The predicted molar refractivity (Wildman–Crippen MR) is 94.2 cm³/mol. The number of amides is 1. The van der Waals surface area contributed by atoms with Gasteiger partial charge in [0.15, 0.2) is 6.61 Å². The molecule has 1 N–H and O–H groups in total. The number of nitro groups is 1. The zero-order chi connectivity index (χ0) is 18.2. The number of nitrogens with zero attached hydrogens (tertiary/aromatic N) is 1. The molecular weight excluding hydrogens is 324 g/mol. The van der Waals surface area contributed by atoms with Crippen molar-refractivity contribution in [2.24, 2.45) is 0 Å². The van der Waals surface area contributed by atoms with Gasteiger partial charge in [0.05, 0.1) is 22.8 Å². The van der Waals surface area contributed by atoms with Gasteiger partial charge in [0.1, 0.15) is 11.5 Å². The number of carbonyl (C=O) groups is 1. The first-order valence-corrected chi connectivity index (χ1v) is 7.90. The van der Waals surface area contributed by atoms with Crippen LogP contribution in [0.15, 0.2) is 42.5 Å². The van der Waals surface area contributed by atoms with Gasteiger partial charge >= 0.3 is 0 Å². The number of anilines is 1. The summed E-state index contributed by atoms with van der Waals surface area (Å²) in [4.78, 5) is 22.4. The Morgan fingerprint density at radius 1 is 1.12 bits per heavy atom. The van der Waals surface area contributed by atoms with E-state index < -0.39 is 10.8 Å². The molecule has 0 radical (unpaired) electrons. The Bertz CT molecular complexity index is 744. The average Bonchev–Trinajstić information content (AvgIpc) is 2.60. The first kappa shape index (κ1) is 18.3. The van der Waals surface area contributed by atoms with Crippen LogP contribution in [0.2, 0.25) is 0 Å². The maximum Gasteiger partial charge on any atom is 0.274 e. The van der Waals surface area contributed by atoms with E-state index in [2.05, 4.69) is 5.32 Å². The van der Waals surface area contributed by atoms with Crippen molar-refractivity contribution in [2.75, 3.05) is 18.5 Å². The third-order valence-corrected chi connectivity index (χ3v) is 3.44. The smallest absolute Gasteiger partial charge is 0.274 e. The van der Waals surface area contributed by atoms with Crippen molar-refractivity contribution in [3.63, 3.8) is 0 Å². The van der Waals surface area contributed by atoms with Gasteiger partial charge in [-0.3, -0.25) is 14.9 Å². The molecule has 0 aromatic heterocycles. The van der Waals surface area contributed by atoms with Crippen molar-refractivity contribution >= 4 is 17.3 Å². The van der Waals surface area contributed by atoms with E-state index in [9.17, 15) is 14.9 Å². The second kappa shape index (κ2) is 8.68. The Morgan fingerprint density at radius 2 is 1.76 bits per heavy atom. The van der Waals surface area contributed by atoms with Gasteiger partial charge in [-0.15, -0.1) is 0 Å². The molecule has 2 aromatic carbocycles. The van der Waals surface area contributed by atoms with Crippen LogP contribution >= 0.6 is 0 Å². The fourth-order valence-electron chi connectivity index (χ4n) is 2.14. The Kier molecular flexibility index (Phi) is 6.33. The zero-order valence-corrected chi connectivity index (χ0v) is 14.2. The van der Waals surface area contributed by atoms with Crippen molar-refractivity contribution in [1.82, 2.24) is 0 Å². The molecule has 0 fully saturated rings. The van der Waals surface area contributed by atoms with Crippen LogP contribution < -0.4 is 14.8 Å². The molecule has 0 atom stereocenters. The number of benzene rings is 2. The molecule has 0 heterocycles. The highest BCUT2D eigenvalue weighted by molar-refractivity contribution is 5.93. The minimum Gasteiger partial charge on any atom is -0.494 e. The number of nitro benzene ring substituents is 1. The summed E-state index contributed by atoms with van der Waals surface area (Å²) in [6.07, 6.45) is 0.926. The lowest BCUT2D eigenvalue weighted by atomic mass is 10.1. The Labute approximate surface area is 145 Å². The van der Waals surface area contributed by atoms with E-state index in [1.54, 1.807) is 37.3 Å². The summed E-state index contributed by atoms with van der Waals surface area (Å²) >= 11 is 0. The third kappa shape index (κ3) is 5.20. The molecule has 0 spiro atoms. The second-order valence-corrected chi connectivity index (χ2v) is 5.36. The molecule has 0 aliphatic rings. The van der Waals surface area contributed by atoms with Crippen molar-refractivity contribution in [3.8, 4) is 11.5 Å². The van der Waals surface area contributed by atoms with Crippen LogP contribution in [0.25, 0.3) is 0 Å². The van der Waals surface area contributed by atoms with Crippen molar-refractivity contribution in [3.05, 3.63) is 58.1 Å². The van der Waals surface area contributed by atoms with Crippen LogP contribution in [0, 0.1) is 17.0 Å². The summed E-state index contributed by atoms with van der Waals surface area (Å²) in [5.41, 5.74) is 0.755. The number of nitrogens with one attached hydrogen (secondary N) is 1. The van der Waals surface area contributed by atoms with Crippen molar-refractivity contribution < 1.29 is 19.2 Å². The minimum atomic E-state index is -0.482. The van der Waals surface area contributed by atoms with Gasteiger partial charge in [-0.2, -0.15) is 0 Å². The summed E-state index contributed by atoms with van der Waals surface area (Å²) < 4.78 is 10.9. The summed E-state index contributed by atoms with van der Waals surface area (Å²) in [7, 11) is 0. The predicted octanol–water partition coefficient (Wildman–Crippen LogP) is 3.71. The van der Waals surface area contributed by atoms with E-state index in [-0.39, 0.29) is 12.3 Å². The van der Waals surface area contributed by atoms with Crippen LogP contribution in [0.4, 0.5) is 11.4 Å². The van der Waals surface area contributed by atoms with E-state index in [1.165, 1.54) is 12.1 Å². The summed E-state index contributed by atoms with van der Waals surface area (Å²) in [6.45, 7) is 4.06. The average molecular weight is 344 g/mol. The summed E-state index contributed by atoms with van der Waals surface area (Å²) in [5, 5.41) is 13.5. The van der Waals surface area contributed by atoms with Crippen LogP contribution in [-0.4, -0.2) is 24.0 Å². The second-order valence-electron chi connectivity index (χ2n) is 5.36. The zero-order valence-electron chi connectivity index (χ0n) is 14.2. The van der Waals surface area contributed by atoms with E-state index in [1.807, 2.05) is 6.92 Å². The molecule has 25 heavy (non-hydrogen) atoms. The van der Waals surface area contributed by atoms with E-state index in [0.29, 0.717) is 23.6 Å². The molecule has 1 amide bonds. The number of ether oxygens (including phenoxy) is 2. The third-order valence-electron chi connectivity index (χ3n) is 3.44. The Balaban J connectivity index is 1.91. The maximum atomic E-state index is 12.0. The Morgan fingerprint density at radius 3 is 2.36 bits per heavy atom. The molecule has 7 heteroatoms. The molecule has 0 aliphatic carbocycles. The fourth-order valence-corrected chi connectivity index (χ4v) is 2.14. The number of hydrogen-bond acceptors (Lipinski definition) is 5. The highest BCUT2D eigenvalue weighted by atomic mass is 16.6. The van der Waals surface area contributed by atoms with Gasteiger partial charge < -0.3 is 14.8 Å². The molecule has 7 nitrogen and oxygen atoms in total. The molecule has 0 aliphatic heterocycles. The summed E-state index contributed by atoms with van der Waals surface area (Å²) in [6, 6.07) is 11.5. The molecule has 0 saturated carbocycles. The molecule has 132 valence electrons. The van der Waals surface area contributed by atoms with Gasteiger partial charge in [-0.25, -0.2) is 0 Å². The van der Waals surface area contributed by atoms with Crippen LogP contribution in [0.1, 0.15) is 18.9 Å². The lowest BCUT2D eigenvalue weighted by Gasteiger charge is -2.10. The summed E-state index contributed by atoms with van der Waals surface area (Å²) in [5.74, 6) is 0.885. The van der Waals surface area contributed by atoms with Crippen LogP contribution in [-0.2, 0) is 4.79 Å². The van der Waals surface area contributed by atoms with Crippen LogP contribution in [0.3, 0.4) is 0 Å². The maximum absolute atomic E-state index is 12.0. The number of carbonyl (C=O) groups excluding carboxylic acids is 1. The Hall–Kier alpha value is -3.09. The lowest BCUT2D eigenvalue weighted by Crippen LogP contribution is -2.20. The molecule has 0 saturated heterocycles. The highest BCUT2D eigenvalue weighted by Gasteiger charge is 2.14. The molecular formula is C18H20N2O5.